The van der Waals surface area contributed by atoms with Gasteiger partial charge in [-0.15, -0.1) is 11.6 Å². The van der Waals surface area contributed by atoms with E-state index in [0.29, 0.717) is 22.3 Å². The zero-order valence-corrected chi connectivity index (χ0v) is 14.5. The van der Waals surface area contributed by atoms with Crippen molar-refractivity contribution in [3.8, 4) is 0 Å². The predicted molar refractivity (Wildman–Crippen MR) is 89.4 cm³/mol. The van der Waals surface area contributed by atoms with E-state index in [0.717, 1.165) is 30.1 Å². The Bertz CT molecular complexity index is 588. The maximum atomic E-state index is 13.6. The van der Waals surface area contributed by atoms with Crippen molar-refractivity contribution in [3.05, 3.63) is 28.2 Å². The number of rotatable bonds is 7. The number of halogens is 3. The predicted octanol–water partition coefficient (Wildman–Crippen LogP) is 4.86. The molecule has 0 saturated carbocycles. The molecule has 0 saturated heterocycles. The molecule has 0 aliphatic heterocycles. The number of thioether (sulfide) groups is 1. The second kappa shape index (κ2) is 7.66. The molecule has 1 aromatic heterocycles. The van der Waals surface area contributed by atoms with Crippen LogP contribution >= 0.6 is 39.3 Å². The first-order chi connectivity index (χ1) is 9.67. The van der Waals surface area contributed by atoms with Gasteiger partial charge in [-0.25, -0.2) is 9.37 Å². The van der Waals surface area contributed by atoms with Crippen LogP contribution in [0.3, 0.4) is 0 Å². The van der Waals surface area contributed by atoms with Gasteiger partial charge in [0.15, 0.2) is 0 Å². The number of aromatic nitrogens is 2. The minimum atomic E-state index is -0.276. The maximum Gasteiger partial charge on any atom is 0.139 e. The van der Waals surface area contributed by atoms with Gasteiger partial charge in [0, 0.05) is 24.9 Å². The van der Waals surface area contributed by atoms with Crippen molar-refractivity contribution >= 4 is 50.3 Å². The zero-order chi connectivity index (χ0) is 14.5. The highest BCUT2D eigenvalue weighted by Gasteiger charge is 2.13. The third-order valence-corrected chi connectivity index (χ3v) is 4.66. The quantitative estimate of drug-likeness (QED) is 0.505. The molecule has 0 fully saturated rings. The lowest BCUT2D eigenvalue weighted by molar-refractivity contribution is 0.618. The lowest BCUT2D eigenvalue weighted by atomic mass is 10.3. The first kappa shape index (κ1) is 16.1. The molecule has 2 rings (SSSR count). The van der Waals surface area contributed by atoms with Crippen LogP contribution in [0, 0.1) is 5.82 Å². The highest BCUT2D eigenvalue weighted by molar-refractivity contribution is 9.10. The third kappa shape index (κ3) is 3.68. The Kier molecular flexibility index (Phi) is 6.18. The molecule has 0 unspecified atom stereocenters. The number of benzene rings is 1. The van der Waals surface area contributed by atoms with Crippen molar-refractivity contribution < 1.29 is 4.39 Å². The van der Waals surface area contributed by atoms with Gasteiger partial charge in [0.05, 0.1) is 15.5 Å². The summed E-state index contributed by atoms with van der Waals surface area (Å²) in [5.41, 5.74) is 1.68. The van der Waals surface area contributed by atoms with Gasteiger partial charge >= 0.3 is 0 Å². The Morgan fingerprint density at radius 3 is 2.90 bits per heavy atom. The lowest BCUT2D eigenvalue weighted by Crippen LogP contribution is -2.05. The van der Waals surface area contributed by atoms with Crippen molar-refractivity contribution in [2.75, 3.05) is 17.9 Å². The number of nitrogens with zero attached hydrogens (tertiary/aromatic N) is 2. The number of hydrogen-bond donors (Lipinski definition) is 0. The lowest BCUT2D eigenvalue weighted by Gasteiger charge is -2.08. The van der Waals surface area contributed by atoms with Crippen molar-refractivity contribution in [1.82, 2.24) is 9.55 Å². The Balaban J connectivity index is 2.32. The zero-order valence-electron chi connectivity index (χ0n) is 11.3. The first-order valence-electron chi connectivity index (χ1n) is 6.56. The van der Waals surface area contributed by atoms with Gasteiger partial charge in [-0.3, -0.25) is 0 Å². The summed E-state index contributed by atoms with van der Waals surface area (Å²) in [6.45, 7) is 0.904. The van der Waals surface area contributed by atoms with Gasteiger partial charge in [-0.1, -0.05) is 0 Å². The van der Waals surface area contributed by atoms with E-state index in [1.807, 2.05) is 17.8 Å². The average molecular weight is 380 g/mol. The molecule has 0 aliphatic rings. The summed E-state index contributed by atoms with van der Waals surface area (Å²) in [4.78, 5) is 4.52. The standard InChI is InChI=1S/C14H17BrClFN2S/c1-20-7-3-2-6-19-13-8-10(15)11(17)9-12(13)18-14(19)4-5-16/h8-9H,2-7H2,1H3. The SMILES string of the molecule is CSCCCCn1c(CCCl)nc2cc(F)c(Br)cc21. The van der Waals surface area contributed by atoms with E-state index >= 15 is 0 Å². The summed E-state index contributed by atoms with van der Waals surface area (Å²) in [6.07, 6.45) is 5.09. The van der Waals surface area contributed by atoms with E-state index in [9.17, 15) is 4.39 Å². The topological polar surface area (TPSA) is 17.8 Å². The van der Waals surface area contributed by atoms with Gasteiger partial charge in [0.25, 0.3) is 0 Å². The third-order valence-electron chi connectivity index (χ3n) is 3.17. The van der Waals surface area contributed by atoms with Crippen molar-refractivity contribution in [2.45, 2.75) is 25.8 Å². The fourth-order valence-electron chi connectivity index (χ4n) is 2.21. The monoisotopic (exact) mass is 378 g/mol. The second-order valence-electron chi connectivity index (χ2n) is 4.57. The summed E-state index contributed by atoms with van der Waals surface area (Å²) >= 11 is 10.9. The van der Waals surface area contributed by atoms with Crippen LogP contribution < -0.4 is 0 Å². The number of imidazole rings is 1. The highest BCUT2D eigenvalue weighted by atomic mass is 79.9. The van der Waals surface area contributed by atoms with Gasteiger partial charge in [0.2, 0.25) is 0 Å². The summed E-state index contributed by atoms with van der Waals surface area (Å²) < 4.78 is 16.3. The highest BCUT2D eigenvalue weighted by Crippen LogP contribution is 2.25. The molecule has 1 heterocycles. The summed E-state index contributed by atoms with van der Waals surface area (Å²) in [6, 6.07) is 3.29. The van der Waals surface area contributed by atoms with Crippen molar-refractivity contribution in [2.24, 2.45) is 0 Å². The number of aryl methyl sites for hydroxylation is 2. The molecule has 2 aromatic rings. The molecule has 2 nitrogen and oxygen atoms in total. The fraction of sp³-hybridized carbons (Fsp3) is 0.500. The van der Waals surface area contributed by atoms with Gasteiger partial charge in [-0.2, -0.15) is 11.8 Å². The molecule has 0 radical (unpaired) electrons. The normalized spacial score (nSPS) is 11.4. The molecule has 0 bridgehead atoms. The molecular formula is C14H17BrClFN2S. The van der Waals surface area contributed by atoms with Crippen LogP contribution in [0.15, 0.2) is 16.6 Å². The average Bonchev–Trinajstić information content (AvgIpc) is 2.73. The van der Waals surface area contributed by atoms with E-state index in [4.69, 9.17) is 11.6 Å². The van der Waals surface area contributed by atoms with Gasteiger partial charge < -0.3 is 4.57 Å². The van der Waals surface area contributed by atoms with Crippen LogP contribution in [0.5, 0.6) is 0 Å². The van der Waals surface area contributed by atoms with E-state index in [-0.39, 0.29) is 5.82 Å². The molecule has 1 aromatic carbocycles. The Morgan fingerprint density at radius 2 is 2.20 bits per heavy atom. The molecule has 6 heteroatoms. The molecule has 0 N–H and O–H groups in total. The van der Waals surface area contributed by atoms with Crippen LogP contribution in [0.25, 0.3) is 11.0 Å². The van der Waals surface area contributed by atoms with Crippen LogP contribution in [0.1, 0.15) is 18.7 Å². The van der Waals surface area contributed by atoms with E-state index < -0.39 is 0 Å². The Morgan fingerprint density at radius 1 is 1.40 bits per heavy atom. The number of unbranched alkanes of at least 4 members (excludes halogenated alkanes) is 1. The van der Waals surface area contributed by atoms with Crippen LogP contribution in [-0.2, 0) is 13.0 Å². The molecule has 0 amide bonds. The smallest absolute Gasteiger partial charge is 0.139 e. The number of hydrogen-bond acceptors (Lipinski definition) is 2. The van der Waals surface area contributed by atoms with Crippen molar-refractivity contribution in [1.29, 1.82) is 0 Å². The number of fused-ring (bicyclic) bond motifs is 1. The van der Waals surface area contributed by atoms with Crippen LogP contribution in [0.4, 0.5) is 4.39 Å². The summed E-state index contributed by atoms with van der Waals surface area (Å²) in [5, 5.41) is 0. The first-order valence-corrected chi connectivity index (χ1v) is 9.28. The van der Waals surface area contributed by atoms with Crippen LogP contribution in [0.2, 0.25) is 0 Å². The fourth-order valence-corrected chi connectivity index (χ4v) is 3.20. The molecule has 20 heavy (non-hydrogen) atoms. The minimum absolute atomic E-state index is 0.276. The Labute approximate surface area is 136 Å². The van der Waals surface area contributed by atoms with Gasteiger partial charge in [-0.05, 0) is 46.8 Å². The van der Waals surface area contributed by atoms with Crippen molar-refractivity contribution in [3.63, 3.8) is 0 Å². The van der Waals surface area contributed by atoms with Gasteiger partial charge in [0.1, 0.15) is 11.6 Å². The Hall–Kier alpha value is -0.260. The largest absolute Gasteiger partial charge is 0.328 e. The summed E-state index contributed by atoms with van der Waals surface area (Å²) in [7, 11) is 0. The molecule has 0 spiro atoms. The van der Waals surface area contributed by atoms with Crippen LogP contribution in [-0.4, -0.2) is 27.4 Å². The maximum absolute atomic E-state index is 13.6. The van der Waals surface area contributed by atoms with E-state index in [2.05, 4.69) is 31.7 Å². The number of alkyl halides is 1. The second-order valence-corrected chi connectivity index (χ2v) is 6.79. The molecular weight excluding hydrogens is 363 g/mol. The summed E-state index contributed by atoms with van der Waals surface area (Å²) in [5.74, 6) is 2.35. The minimum Gasteiger partial charge on any atom is -0.328 e. The van der Waals surface area contributed by atoms with E-state index in [1.54, 1.807) is 0 Å². The molecule has 0 atom stereocenters. The molecule has 110 valence electrons. The van der Waals surface area contributed by atoms with E-state index in [1.165, 1.54) is 12.5 Å². The molecule has 0 aliphatic carbocycles.